The van der Waals surface area contributed by atoms with Gasteiger partial charge in [0.25, 0.3) is 5.56 Å². The Morgan fingerprint density at radius 1 is 1.13 bits per heavy atom. The molecule has 0 aliphatic carbocycles. The summed E-state index contributed by atoms with van der Waals surface area (Å²) in [7, 11) is -0.360. The van der Waals surface area contributed by atoms with E-state index in [9.17, 15) is 31.2 Å². The van der Waals surface area contributed by atoms with Crippen molar-refractivity contribution in [2.24, 2.45) is 0 Å². The average Bonchev–Trinajstić information content (AvgIpc) is 2.62. The molecular formula is C19H19F3N4O4S. The van der Waals surface area contributed by atoms with Crippen molar-refractivity contribution in [1.82, 2.24) is 14.6 Å². The molecule has 12 heteroatoms. The molecule has 0 fully saturated rings. The normalized spacial score (nSPS) is 12.5. The van der Waals surface area contributed by atoms with Crippen LogP contribution in [0.4, 0.5) is 13.2 Å². The monoisotopic (exact) mass is 456 g/mol. The predicted octanol–water partition coefficient (Wildman–Crippen LogP) is 1.94. The first-order valence-electron chi connectivity index (χ1n) is 8.88. The molecule has 166 valence electrons. The molecule has 8 nitrogen and oxygen atoms in total. The molecule has 0 amide bonds. The molecule has 0 spiro atoms. The van der Waals surface area contributed by atoms with Crippen molar-refractivity contribution in [3.63, 3.8) is 0 Å². The minimum atomic E-state index is -4.77. The topological polar surface area (TPSA) is 104 Å². The third-order valence-corrected chi connectivity index (χ3v) is 4.85. The number of aromatic nitrogens is 2. The van der Waals surface area contributed by atoms with E-state index in [1.807, 2.05) is 19.0 Å². The summed E-state index contributed by atoms with van der Waals surface area (Å²) in [6.45, 7) is 0.487. The van der Waals surface area contributed by atoms with E-state index in [2.05, 4.69) is 4.98 Å². The number of hydrogen-bond acceptors (Lipinski definition) is 5. The van der Waals surface area contributed by atoms with Crippen molar-refractivity contribution >= 4 is 20.9 Å². The van der Waals surface area contributed by atoms with Crippen molar-refractivity contribution in [3.8, 4) is 11.1 Å². The Morgan fingerprint density at radius 2 is 1.81 bits per heavy atom. The van der Waals surface area contributed by atoms with Gasteiger partial charge < -0.3 is 9.88 Å². The number of sulfonamides is 1. The lowest BCUT2D eigenvalue weighted by molar-refractivity contribution is -0.137. The smallest absolute Gasteiger partial charge is 0.305 e. The van der Waals surface area contributed by atoms with Crippen molar-refractivity contribution < 1.29 is 21.6 Å². The van der Waals surface area contributed by atoms with Crippen molar-refractivity contribution in [3.05, 3.63) is 68.4 Å². The number of nitrogens with one attached hydrogen (secondary N) is 2. The van der Waals surface area contributed by atoms with E-state index in [0.29, 0.717) is 12.6 Å². The maximum atomic E-state index is 13.8. The number of aromatic amines is 1. The molecular weight excluding hydrogens is 437 g/mol. The maximum absolute atomic E-state index is 13.8. The highest BCUT2D eigenvalue weighted by Gasteiger charge is 2.34. The highest BCUT2D eigenvalue weighted by Crippen LogP contribution is 2.38. The minimum Gasteiger partial charge on any atom is -0.305 e. The van der Waals surface area contributed by atoms with Crippen molar-refractivity contribution in [2.75, 3.05) is 25.2 Å². The standard InChI is InChI=1S/C19H19F3N4O4S/c1-25(2)10-11-5-4-6-12(7-11)13-8-14-16(9-15(13)19(20,21)22)23-18(28)26(17(14)27)24-31(3,29)30/h4-9,24H,10H2,1-3H3,(H,23,28). The number of benzene rings is 2. The first kappa shape index (κ1) is 22.6. The average molecular weight is 456 g/mol. The van der Waals surface area contributed by atoms with Gasteiger partial charge >= 0.3 is 11.9 Å². The quantitative estimate of drug-likeness (QED) is 0.611. The van der Waals surface area contributed by atoms with Crippen LogP contribution in [-0.4, -0.2) is 43.3 Å². The van der Waals surface area contributed by atoms with Crippen LogP contribution >= 0.6 is 0 Å². The van der Waals surface area contributed by atoms with Crippen LogP contribution in [-0.2, 0) is 22.7 Å². The number of rotatable bonds is 5. The lowest BCUT2D eigenvalue weighted by atomic mass is 9.96. The van der Waals surface area contributed by atoms with E-state index in [1.54, 1.807) is 23.0 Å². The van der Waals surface area contributed by atoms with Gasteiger partial charge in [0.1, 0.15) is 0 Å². The Kier molecular flexibility index (Phi) is 5.72. The van der Waals surface area contributed by atoms with Gasteiger partial charge in [0.15, 0.2) is 0 Å². The van der Waals surface area contributed by atoms with Gasteiger partial charge in [-0.05, 0) is 49.0 Å². The van der Waals surface area contributed by atoms with Gasteiger partial charge in [-0.1, -0.05) is 18.2 Å². The van der Waals surface area contributed by atoms with Crippen LogP contribution in [0.3, 0.4) is 0 Å². The minimum absolute atomic E-state index is 0.206. The van der Waals surface area contributed by atoms with Gasteiger partial charge in [-0.2, -0.15) is 17.8 Å². The SMILES string of the molecule is CN(C)Cc1cccc(-c2cc3c(=O)n(NS(C)(=O)=O)c(=O)[nH]c3cc2C(F)(F)F)c1. The predicted molar refractivity (Wildman–Crippen MR) is 111 cm³/mol. The second kappa shape index (κ2) is 7.85. The fraction of sp³-hybridized carbons (Fsp3) is 0.263. The van der Waals surface area contributed by atoms with Gasteiger partial charge in [-0.3, -0.25) is 4.79 Å². The van der Waals surface area contributed by atoms with E-state index in [1.165, 1.54) is 6.07 Å². The Morgan fingerprint density at radius 3 is 2.39 bits per heavy atom. The third kappa shape index (κ3) is 4.97. The lowest BCUT2D eigenvalue weighted by Crippen LogP contribution is -2.43. The molecule has 0 aliphatic heterocycles. The first-order valence-corrected chi connectivity index (χ1v) is 10.8. The van der Waals surface area contributed by atoms with E-state index < -0.39 is 33.0 Å². The third-order valence-electron chi connectivity index (χ3n) is 4.34. The second-order valence-electron chi connectivity index (χ2n) is 7.31. The largest absolute Gasteiger partial charge is 0.417 e. The highest BCUT2D eigenvalue weighted by atomic mass is 32.2. The van der Waals surface area contributed by atoms with Gasteiger partial charge in [0.05, 0.1) is 22.7 Å². The number of hydrogen-bond donors (Lipinski definition) is 2. The van der Waals surface area contributed by atoms with Crippen LogP contribution in [0.25, 0.3) is 22.0 Å². The lowest BCUT2D eigenvalue weighted by Gasteiger charge is -2.16. The molecule has 2 aromatic carbocycles. The van der Waals surface area contributed by atoms with Crippen molar-refractivity contribution in [2.45, 2.75) is 12.7 Å². The fourth-order valence-corrected chi connectivity index (χ4v) is 3.69. The highest BCUT2D eigenvalue weighted by molar-refractivity contribution is 7.91. The van der Waals surface area contributed by atoms with E-state index >= 15 is 0 Å². The van der Waals surface area contributed by atoms with Gasteiger partial charge in [-0.25, -0.2) is 18.0 Å². The molecule has 0 atom stereocenters. The maximum Gasteiger partial charge on any atom is 0.417 e. The van der Waals surface area contributed by atoms with E-state index in [0.717, 1.165) is 17.9 Å². The summed E-state index contributed by atoms with van der Waals surface area (Å²) in [4.78, 5) is 30.5. The zero-order valence-electron chi connectivity index (χ0n) is 16.7. The fourth-order valence-electron chi connectivity index (χ4n) is 3.19. The van der Waals surface area contributed by atoms with E-state index in [4.69, 9.17) is 0 Å². The van der Waals surface area contributed by atoms with Crippen LogP contribution in [0.1, 0.15) is 11.1 Å². The van der Waals surface area contributed by atoms with Crippen LogP contribution < -0.4 is 16.1 Å². The molecule has 0 bridgehead atoms. The molecule has 0 radical (unpaired) electrons. The molecule has 0 saturated carbocycles. The summed E-state index contributed by atoms with van der Waals surface area (Å²) < 4.78 is 64.5. The summed E-state index contributed by atoms with van der Waals surface area (Å²) in [5.74, 6) is 0. The molecule has 31 heavy (non-hydrogen) atoms. The zero-order chi connectivity index (χ0) is 23.1. The summed E-state index contributed by atoms with van der Waals surface area (Å²) in [5.41, 5.74) is -2.99. The molecule has 1 heterocycles. The van der Waals surface area contributed by atoms with Gasteiger partial charge in [0, 0.05) is 6.54 Å². The molecule has 2 N–H and O–H groups in total. The molecule has 0 unspecified atom stereocenters. The number of fused-ring (bicyclic) bond motifs is 1. The molecule has 0 aliphatic rings. The van der Waals surface area contributed by atoms with Crippen molar-refractivity contribution in [1.29, 1.82) is 0 Å². The Bertz CT molecular complexity index is 1380. The van der Waals surface area contributed by atoms with Gasteiger partial charge in [-0.15, -0.1) is 0 Å². The number of alkyl halides is 3. The second-order valence-corrected chi connectivity index (χ2v) is 9.04. The number of H-pyrrole nitrogens is 1. The molecule has 3 rings (SSSR count). The summed E-state index contributed by atoms with van der Waals surface area (Å²) in [6.07, 6.45) is -4.03. The van der Waals surface area contributed by atoms with Crippen LogP contribution in [0, 0.1) is 0 Å². The molecule has 0 saturated heterocycles. The summed E-state index contributed by atoms with van der Waals surface area (Å²) in [6, 6.07) is 8.11. The Balaban J connectivity index is 2.34. The number of nitrogens with zero attached hydrogens (tertiary/aromatic N) is 2. The molecule has 3 aromatic rings. The Labute approximate surface area is 175 Å². The van der Waals surface area contributed by atoms with Crippen LogP contribution in [0.5, 0.6) is 0 Å². The zero-order valence-corrected chi connectivity index (χ0v) is 17.6. The Hall–Kier alpha value is -3.12. The summed E-state index contributed by atoms with van der Waals surface area (Å²) >= 11 is 0. The van der Waals surface area contributed by atoms with Gasteiger partial charge in [0.2, 0.25) is 10.0 Å². The molecule has 1 aromatic heterocycles. The van der Waals surface area contributed by atoms with Crippen LogP contribution in [0.15, 0.2) is 46.0 Å². The first-order chi connectivity index (χ1) is 14.3. The van der Waals surface area contributed by atoms with E-state index in [-0.39, 0.29) is 26.7 Å². The van der Waals surface area contributed by atoms with Crippen LogP contribution in [0.2, 0.25) is 0 Å². The number of halogens is 3. The summed E-state index contributed by atoms with van der Waals surface area (Å²) in [5, 5.41) is -0.281.